The normalized spacial score (nSPS) is 16.0. The van der Waals surface area contributed by atoms with Gasteiger partial charge in [0.05, 0.1) is 0 Å². The second-order valence-corrected chi connectivity index (χ2v) is 6.57. The van der Waals surface area contributed by atoms with Crippen LogP contribution in [0.5, 0.6) is 0 Å². The summed E-state index contributed by atoms with van der Waals surface area (Å²) in [6, 6.07) is 16.0. The lowest BCUT2D eigenvalue weighted by atomic mass is 10.1. The zero-order valence-corrected chi connectivity index (χ0v) is 14.3. The lowest BCUT2D eigenvalue weighted by Gasteiger charge is -2.23. The molecule has 0 bridgehead atoms. The highest BCUT2D eigenvalue weighted by molar-refractivity contribution is 6.31. The molecule has 0 radical (unpaired) electrons. The Morgan fingerprint density at radius 1 is 1.13 bits per heavy atom. The van der Waals surface area contributed by atoms with Gasteiger partial charge in [0.1, 0.15) is 6.04 Å². The van der Waals surface area contributed by atoms with E-state index < -0.39 is 0 Å². The van der Waals surface area contributed by atoms with E-state index in [1.165, 1.54) is 5.56 Å². The Hall–Kier alpha value is -1.84. The second-order valence-electron chi connectivity index (χ2n) is 6.16. The number of benzene rings is 2. The van der Waals surface area contributed by atoms with Crippen molar-refractivity contribution in [3.05, 3.63) is 64.7 Å². The molecule has 3 nitrogen and oxygen atoms in total. The van der Waals surface area contributed by atoms with Gasteiger partial charge >= 0.3 is 0 Å². The van der Waals surface area contributed by atoms with Crippen LogP contribution >= 0.6 is 11.6 Å². The van der Waals surface area contributed by atoms with Gasteiger partial charge in [0.15, 0.2) is 6.04 Å². The van der Waals surface area contributed by atoms with E-state index in [2.05, 4.69) is 18.3 Å². The maximum absolute atomic E-state index is 12.8. The molecule has 2 atom stereocenters. The van der Waals surface area contributed by atoms with E-state index in [0.717, 1.165) is 29.2 Å². The minimum Gasteiger partial charge on any atom is -0.330 e. The molecule has 2 N–H and O–H groups in total. The summed E-state index contributed by atoms with van der Waals surface area (Å²) in [5.74, 6) is 0.161. The Kier molecular flexibility index (Phi) is 4.69. The minimum atomic E-state index is -0.146. The molecule has 1 amide bonds. The van der Waals surface area contributed by atoms with Crippen molar-refractivity contribution in [1.29, 1.82) is 0 Å². The molecule has 0 aliphatic carbocycles. The van der Waals surface area contributed by atoms with Crippen molar-refractivity contribution in [3.63, 3.8) is 0 Å². The van der Waals surface area contributed by atoms with Crippen LogP contribution in [0.15, 0.2) is 48.5 Å². The van der Waals surface area contributed by atoms with Gasteiger partial charge in [0.2, 0.25) is 0 Å². The zero-order chi connectivity index (χ0) is 16.4. The van der Waals surface area contributed by atoms with E-state index >= 15 is 0 Å². The number of halogens is 1. The number of carbonyl (C=O) groups excluding carboxylic acids is 1. The largest absolute Gasteiger partial charge is 0.330 e. The van der Waals surface area contributed by atoms with Crippen molar-refractivity contribution in [3.8, 4) is 0 Å². The smallest absolute Gasteiger partial charge is 0.284 e. The SMILES string of the molecule is C[C@H]([NH2+][C@H](C)C(=O)N1CCc2ccccc21)c1ccccc1Cl. The van der Waals surface area contributed by atoms with Crippen molar-refractivity contribution in [2.45, 2.75) is 32.4 Å². The van der Waals surface area contributed by atoms with Crippen molar-refractivity contribution in [2.24, 2.45) is 0 Å². The number of fused-ring (bicyclic) bond motifs is 1. The van der Waals surface area contributed by atoms with E-state index in [-0.39, 0.29) is 18.0 Å². The first kappa shape index (κ1) is 16.0. The average Bonchev–Trinajstić information content (AvgIpc) is 2.98. The topological polar surface area (TPSA) is 36.9 Å². The number of para-hydroxylation sites is 1. The third-order valence-corrected chi connectivity index (χ3v) is 4.86. The van der Waals surface area contributed by atoms with Gasteiger partial charge in [0.25, 0.3) is 5.91 Å². The molecule has 23 heavy (non-hydrogen) atoms. The Labute approximate surface area is 142 Å². The average molecular weight is 330 g/mol. The monoisotopic (exact) mass is 329 g/mol. The molecule has 0 unspecified atom stereocenters. The van der Waals surface area contributed by atoms with Crippen LogP contribution in [-0.2, 0) is 11.2 Å². The maximum Gasteiger partial charge on any atom is 0.284 e. The number of carbonyl (C=O) groups is 1. The van der Waals surface area contributed by atoms with Crippen LogP contribution in [0.3, 0.4) is 0 Å². The van der Waals surface area contributed by atoms with E-state index in [1.807, 2.05) is 54.3 Å². The number of anilines is 1. The molecule has 2 aromatic carbocycles. The molecular weight excluding hydrogens is 308 g/mol. The quantitative estimate of drug-likeness (QED) is 0.920. The number of hydrogen-bond acceptors (Lipinski definition) is 1. The van der Waals surface area contributed by atoms with Gasteiger partial charge in [-0.05, 0) is 38.0 Å². The summed E-state index contributed by atoms with van der Waals surface area (Å²) in [4.78, 5) is 14.7. The van der Waals surface area contributed by atoms with Crippen molar-refractivity contribution in [1.82, 2.24) is 0 Å². The van der Waals surface area contributed by atoms with Crippen LogP contribution in [0.1, 0.15) is 31.0 Å². The number of hydrogen-bond donors (Lipinski definition) is 1. The molecule has 2 aromatic rings. The first-order valence-corrected chi connectivity index (χ1v) is 8.44. The number of amides is 1. The maximum atomic E-state index is 12.8. The molecule has 0 aromatic heterocycles. The second kappa shape index (κ2) is 6.73. The summed E-state index contributed by atoms with van der Waals surface area (Å²) in [7, 11) is 0. The lowest BCUT2D eigenvalue weighted by Crippen LogP contribution is -2.92. The van der Waals surface area contributed by atoms with Gasteiger partial charge < -0.3 is 10.2 Å². The highest BCUT2D eigenvalue weighted by Crippen LogP contribution is 2.27. The first-order chi connectivity index (χ1) is 11.1. The Bertz CT molecular complexity index is 716. The van der Waals surface area contributed by atoms with Crippen molar-refractivity contribution < 1.29 is 10.1 Å². The zero-order valence-electron chi connectivity index (χ0n) is 13.5. The van der Waals surface area contributed by atoms with Crippen LogP contribution in [0.25, 0.3) is 0 Å². The number of rotatable bonds is 4. The van der Waals surface area contributed by atoms with Crippen molar-refractivity contribution in [2.75, 3.05) is 11.4 Å². The molecule has 1 aliphatic rings. The molecule has 1 heterocycles. The van der Waals surface area contributed by atoms with Crippen molar-refractivity contribution >= 4 is 23.2 Å². The van der Waals surface area contributed by atoms with Crippen LogP contribution in [0, 0.1) is 0 Å². The van der Waals surface area contributed by atoms with Crippen LogP contribution in [-0.4, -0.2) is 18.5 Å². The summed E-state index contributed by atoms with van der Waals surface area (Å²) in [5.41, 5.74) is 3.38. The first-order valence-electron chi connectivity index (χ1n) is 8.06. The summed E-state index contributed by atoms with van der Waals surface area (Å²) >= 11 is 6.26. The lowest BCUT2D eigenvalue weighted by molar-refractivity contribution is -0.710. The fourth-order valence-corrected chi connectivity index (χ4v) is 3.58. The molecule has 1 aliphatic heterocycles. The molecule has 0 fully saturated rings. The highest BCUT2D eigenvalue weighted by atomic mass is 35.5. The fourth-order valence-electron chi connectivity index (χ4n) is 3.28. The summed E-state index contributed by atoms with van der Waals surface area (Å²) in [5, 5.41) is 2.84. The standard InChI is InChI=1S/C19H21ClN2O/c1-13(16-8-4-5-9-17(16)20)21-14(2)19(23)22-12-11-15-7-3-6-10-18(15)22/h3-10,13-14,21H,11-12H2,1-2H3/p+1/t13-,14+/m0/s1. The Balaban J connectivity index is 1.70. The minimum absolute atomic E-state index is 0.139. The summed E-state index contributed by atoms with van der Waals surface area (Å²) in [6.07, 6.45) is 0.939. The summed E-state index contributed by atoms with van der Waals surface area (Å²) in [6.45, 7) is 4.83. The van der Waals surface area contributed by atoms with E-state index in [1.54, 1.807) is 0 Å². The molecule has 4 heteroatoms. The molecule has 0 spiro atoms. The third-order valence-electron chi connectivity index (χ3n) is 4.52. The van der Waals surface area contributed by atoms with E-state index in [9.17, 15) is 4.79 Å². The fraction of sp³-hybridized carbons (Fsp3) is 0.316. The Morgan fingerprint density at radius 3 is 2.61 bits per heavy atom. The van der Waals surface area contributed by atoms with Gasteiger partial charge in [-0.15, -0.1) is 0 Å². The van der Waals surface area contributed by atoms with Gasteiger partial charge in [-0.3, -0.25) is 4.79 Å². The number of nitrogens with zero attached hydrogens (tertiary/aromatic N) is 1. The predicted molar refractivity (Wildman–Crippen MR) is 93.8 cm³/mol. The highest BCUT2D eigenvalue weighted by Gasteiger charge is 2.30. The van der Waals surface area contributed by atoms with Gasteiger partial charge in [-0.1, -0.05) is 48.0 Å². The Morgan fingerprint density at radius 2 is 1.83 bits per heavy atom. The van der Waals surface area contributed by atoms with Crippen LogP contribution in [0.2, 0.25) is 5.02 Å². The molecule has 0 saturated heterocycles. The van der Waals surface area contributed by atoms with E-state index in [0.29, 0.717) is 0 Å². The van der Waals surface area contributed by atoms with Crippen LogP contribution in [0.4, 0.5) is 5.69 Å². The molecule has 120 valence electrons. The number of quaternary nitrogens is 1. The molecule has 0 saturated carbocycles. The molecule has 3 rings (SSSR count). The predicted octanol–water partition coefficient (Wildman–Crippen LogP) is 2.94. The van der Waals surface area contributed by atoms with Gasteiger partial charge in [-0.2, -0.15) is 0 Å². The van der Waals surface area contributed by atoms with Crippen LogP contribution < -0.4 is 10.2 Å². The summed E-state index contributed by atoms with van der Waals surface area (Å²) < 4.78 is 0. The number of nitrogens with two attached hydrogens (primary N) is 1. The van der Waals surface area contributed by atoms with E-state index in [4.69, 9.17) is 11.6 Å². The van der Waals surface area contributed by atoms with Gasteiger partial charge in [-0.25, -0.2) is 0 Å². The third kappa shape index (κ3) is 3.26. The molecular formula is C19H22ClN2O+. The van der Waals surface area contributed by atoms with Gasteiger partial charge in [0, 0.05) is 22.8 Å².